The van der Waals surface area contributed by atoms with Crippen molar-refractivity contribution < 1.29 is 43.2 Å². The minimum atomic E-state index is -2.08. The fourth-order valence-corrected chi connectivity index (χ4v) is 9.37. The molecule has 7 rings (SSSR count). The van der Waals surface area contributed by atoms with Gasteiger partial charge in [-0.1, -0.05) is 35.9 Å². The Hall–Kier alpha value is -5.00. The number of fused-ring (bicyclic) bond motifs is 4. The highest BCUT2D eigenvalue weighted by Crippen LogP contribution is 2.67. The predicted octanol–water partition coefficient (Wildman–Crippen LogP) is 5.79. The molecule has 0 bridgehead atoms. The van der Waals surface area contributed by atoms with Crippen LogP contribution in [0.5, 0.6) is 28.7 Å². The van der Waals surface area contributed by atoms with E-state index in [9.17, 15) is 24.3 Å². The van der Waals surface area contributed by atoms with Crippen LogP contribution in [0.25, 0.3) is 12.2 Å². The Kier molecular flexibility index (Phi) is 8.78. The lowest BCUT2D eigenvalue weighted by Gasteiger charge is -2.51. The Morgan fingerprint density at radius 2 is 1.48 bits per heavy atom. The number of ether oxygens (including phenoxy) is 4. The third-order valence-corrected chi connectivity index (χ3v) is 12.3. The summed E-state index contributed by atoms with van der Waals surface area (Å²) in [7, 11) is 7.29. The molecule has 0 aromatic heterocycles. The van der Waals surface area contributed by atoms with Crippen molar-refractivity contribution in [3.05, 3.63) is 82.9 Å². The number of imide groups is 2. The second kappa shape index (κ2) is 12.9. The van der Waals surface area contributed by atoms with Crippen molar-refractivity contribution in [3.63, 3.8) is 0 Å². The minimum absolute atomic E-state index is 0.123. The molecule has 11 nitrogen and oxygen atoms in total. The number of aromatic hydroxyl groups is 1. The fraction of sp³-hybridized carbons (Fsp3) is 0.333. The molecule has 13 heteroatoms. The molecule has 6 atom stereocenters. The van der Waals surface area contributed by atoms with E-state index in [-0.39, 0.29) is 41.6 Å². The predicted molar refractivity (Wildman–Crippen MR) is 194 cm³/mol. The number of alkyl halides is 2. The lowest BCUT2D eigenvalue weighted by Crippen LogP contribution is -2.60. The number of hydrogen-bond acceptors (Lipinski definition) is 9. The molecule has 0 unspecified atom stereocenters. The highest BCUT2D eigenvalue weighted by Gasteiger charge is 2.76. The summed E-state index contributed by atoms with van der Waals surface area (Å²) in [5.41, 5.74) is 2.66. The number of allylic oxidation sites excluding steroid dienone is 2. The van der Waals surface area contributed by atoms with E-state index < -0.39 is 51.1 Å². The van der Waals surface area contributed by atoms with E-state index in [1.807, 2.05) is 24.3 Å². The van der Waals surface area contributed by atoms with Crippen molar-refractivity contribution in [3.8, 4) is 28.7 Å². The van der Waals surface area contributed by atoms with Gasteiger partial charge in [-0.05, 0) is 54.7 Å². The van der Waals surface area contributed by atoms with Crippen LogP contribution in [0.3, 0.4) is 0 Å². The summed E-state index contributed by atoms with van der Waals surface area (Å²) < 4.78 is 21.8. The zero-order valence-corrected chi connectivity index (χ0v) is 30.5. The van der Waals surface area contributed by atoms with Gasteiger partial charge in [-0.15, -0.1) is 23.2 Å². The van der Waals surface area contributed by atoms with Crippen LogP contribution >= 0.6 is 23.2 Å². The molecular weight excluding hydrogens is 711 g/mol. The van der Waals surface area contributed by atoms with Crippen molar-refractivity contribution in [2.45, 2.75) is 28.5 Å². The molecule has 2 aliphatic heterocycles. The molecule has 1 N–H and O–H groups in total. The van der Waals surface area contributed by atoms with Crippen molar-refractivity contribution in [1.29, 1.82) is 0 Å². The summed E-state index contributed by atoms with van der Waals surface area (Å²) in [5, 5.41) is 11.4. The van der Waals surface area contributed by atoms with Crippen LogP contribution in [-0.4, -0.2) is 78.9 Å². The van der Waals surface area contributed by atoms with E-state index >= 15 is 0 Å². The number of carbonyl (C=O) groups excluding carboxylic acids is 4. The van der Waals surface area contributed by atoms with Gasteiger partial charge in [0.05, 0.1) is 46.0 Å². The number of carbonyl (C=O) groups is 4. The molecule has 52 heavy (non-hydrogen) atoms. The maximum atomic E-state index is 14.4. The van der Waals surface area contributed by atoms with Crippen LogP contribution in [0.4, 0.5) is 5.69 Å². The van der Waals surface area contributed by atoms with Crippen molar-refractivity contribution >= 4 is 64.7 Å². The number of rotatable bonds is 8. The molecule has 3 aromatic rings. The van der Waals surface area contributed by atoms with Crippen molar-refractivity contribution in [2.75, 3.05) is 40.4 Å². The number of benzene rings is 3. The normalized spacial score (nSPS) is 28.1. The quantitative estimate of drug-likeness (QED) is 0.132. The standard InChI is InChI=1S/C39H36Cl2N2O9/c1-42-36(47)38(40)19-27-25(33(39(38,41)37(42)48)32-28(44)17-24(50-3)18-30(32)52-5)13-14-26-31(27)35(46)43(34(26)45)22-10-7-20(8-11-22)6-9-21-16-23(49-2)12-15-29(21)51-4/h6-13,15-18,26-27,31,33,44H,14,19H2,1-5H3/t26-,27+,31-,33+,38+,39-/m0/s1. The molecule has 270 valence electrons. The average Bonchev–Trinajstić information content (AvgIpc) is 3.48. The largest absolute Gasteiger partial charge is 0.507 e. The Bertz CT molecular complexity index is 2080. The highest BCUT2D eigenvalue weighted by molar-refractivity contribution is 6.53. The molecule has 2 heterocycles. The monoisotopic (exact) mass is 746 g/mol. The van der Waals surface area contributed by atoms with Crippen LogP contribution in [-0.2, 0) is 19.2 Å². The number of nitrogens with zero attached hydrogens (tertiary/aromatic N) is 2. The highest BCUT2D eigenvalue weighted by atomic mass is 35.5. The van der Waals surface area contributed by atoms with E-state index in [4.69, 9.17) is 42.1 Å². The van der Waals surface area contributed by atoms with Gasteiger partial charge in [-0.3, -0.25) is 29.0 Å². The number of anilines is 1. The Labute approximate surface area is 310 Å². The van der Waals surface area contributed by atoms with Crippen LogP contribution < -0.4 is 23.8 Å². The zero-order valence-electron chi connectivity index (χ0n) is 29.0. The molecule has 4 amide bonds. The number of halogens is 2. The van der Waals surface area contributed by atoms with Gasteiger partial charge in [0, 0.05) is 36.2 Å². The first-order valence-corrected chi connectivity index (χ1v) is 17.3. The van der Waals surface area contributed by atoms with Gasteiger partial charge >= 0.3 is 0 Å². The second-order valence-electron chi connectivity index (χ2n) is 13.3. The molecule has 1 saturated carbocycles. The zero-order chi connectivity index (χ0) is 37.3. The SMILES string of the molecule is COc1ccc(OC)c(C=Cc2ccc(N3C(=O)[C@H]4[C@H](CC=C5[C@H]4C[C@@]4(Cl)C(=O)N(C)C(=O)[C@@]4(Cl)[C@H]5c4c(O)cc(OC)cc4OC)C3=O)cc2)c1. The summed E-state index contributed by atoms with van der Waals surface area (Å²) >= 11 is 14.6. The van der Waals surface area contributed by atoms with Gasteiger partial charge in [0.25, 0.3) is 11.8 Å². The number of phenolic OH excluding ortho intramolecular Hbond substituents is 1. The average molecular weight is 748 g/mol. The Balaban J connectivity index is 1.26. The molecule has 2 saturated heterocycles. The maximum Gasteiger partial charge on any atom is 0.253 e. The second-order valence-corrected chi connectivity index (χ2v) is 14.5. The number of phenols is 1. The van der Waals surface area contributed by atoms with Gasteiger partial charge in [0.15, 0.2) is 9.75 Å². The van der Waals surface area contributed by atoms with Crippen molar-refractivity contribution in [2.24, 2.45) is 17.8 Å². The minimum Gasteiger partial charge on any atom is -0.507 e. The van der Waals surface area contributed by atoms with E-state index in [2.05, 4.69) is 0 Å². The van der Waals surface area contributed by atoms with E-state index in [0.717, 1.165) is 16.0 Å². The molecule has 0 radical (unpaired) electrons. The van der Waals surface area contributed by atoms with Gasteiger partial charge in [0.2, 0.25) is 11.8 Å². The number of likely N-dealkylation sites (tertiary alicyclic amines) is 1. The molecule has 2 aliphatic carbocycles. The van der Waals surface area contributed by atoms with Crippen LogP contribution in [0.15, 0.2) is 66.2 Å². The van der Waals surface area contributed by atoms with Gasteiger partial charge in [-0.25, -0.2) is 0 Å². The lowest BCUT2D eigenvalue weighted by atomic mass is 9.56. The third-order valence-electron chi connectivity index (χ3n) is 10.9. The number of methoxy groups -OCH3 is 4. The molecule has 4 aliphatic rings. The van der Waals surface area contributed by atoms with Crippen LogP contribution in [0.1, 0.15) is 35.4 Å². The summed E-state index contributed by atoms with van der Waals surface area (Å²) in [6.45, 7) is 0. The Morgan fingerprint density at radius 1 is 0.788 bits per heavy atom. The first kappa shape index (κ1) is 35.4. The summed E-state index contributed by atoms with van der Waals surface area (Å²) in [5.74, 6) is -4.45. The third kappa shape index (κ3) is 5.00. The topological polar surface area (TPSA) is 132 Å². The van der Waals surface area contributed by atoms with Gasteiger partial charge in [-0.2, -0.15) is 0 Å². The van der Waals surface area contributed by atoms with Crippen molar-refractivity contribution in [1.82, 2.24) is 4.90 Å². The molecule has 3 aromatic carbocycles. The molecular formula is C39H36Cl2N2O9. The molecule has 3 fully saturated rings. The molecule has 0 spiro atoms. The first-order chi connectivity index (χ1) is 24.8. The van der Waals surface area contributed by atoms with Gasteiger partial charge < -0.3 is 24.1 Å². The van der Waals surface area contributed by atoms with E-state index in [1.54, 1.807) is 50.6 Å². The maximum absolute atomic E-state index is 14.4. The number of amides is 4. The van der Waals surface area contributed by atoms with Gasteiger partial charge in [0.1, 0.15) is 28.7 Å². The number of hydrogen-bond donors (Lipinski definition) is 1. The first-order valence-electron chi connectivity index (χ1n) is 16.6. The lowest BCUT2D eigenvalue weighted by molar-refractivity contribution is -0.138. The fourth-order valence-electron chi connectivity index (χ4n) is 8.37. The van der Waals surface area contributed by atoms with E-state index in [1.165, 1.54) is 38.3 Å². The summed E-state index contributed by atoms with van der Waals surface area (Å²) in [6, 6.07) is 15.4. The Morgan fingerprint density at radius 3 is 2.13 bits per heavy atom. The van der Waals surface area contributed by atoms with E-state index in [0.29, 0.717) is 22.8 Å². The summed E-state index contributed by atoms with van der Waals surface area (Å²) in [4.78, 5) is 54.2. The smallest absolute Gasteiger partial charge is 0.253 e. The van der Waals surface area contributed by atoms with Crippen LogP contribution in [0.2, 0.25) is 0 Å². The summed E-state index contributed by atoms with van der Waals surface area (Å²) in [6.07, 6.45) is 5.54. The van der Waals surface area contributed by atoms with Crippen LogP contribution in [0, 0.1) is 17.8 Å².